The SMILES string of the molecule is CS(=O)(=O)c1cccnc1N1CCC(C(=O)Nc2ccc(F)c(Cl)c2)CC1. The summed E-state index contributed by atoms with van der Waals surface area (Å²) in [7, 11) is -3.39. The van der Waals surface area contributed by atoms with Crippen molar-refractivity contribution in [1.82, 2.24) is 4.98 Å². The Morgan fingerprint density at radius 2 is 2.00 bits per heavy atom. The monoisotopic (exact) mass is 411 g/mol. The van der Waals surface area contributed by atoms with Gasteiger partial charge in [0.05, 0.1) is 5.02 Å². The minimum Gasteiger partial charge on any atom is -0.355 e. The van der Waals surface area contributed by atoms with E-state index < -0.39 is 15.7 Å². The van der Waals surface area contributed by atoms with Crippen molar-refractivity contribution in [2.45, 2.75) is 17.7 Å². The van der Waals surface area contributed by atoms with E-state index in [4.69, 9.17) is 11.6 Å². The Labute approximate surface area is 162 Å². The standard InChI is InChI=1S/C18H19ClFN3O3S/c1-27(25,26)16-3-2-8-21-17(16)23-9-6-12(7-10-23)18(24)22-13-4-5-15(20)14(19)11-13/h2-5,8,11-12H,6-7,9-10H2,1H3,(H,22,24). The quantitative estimate of drug-likeness (QED) is 0.836. The number of nitrogens with zero attached hydrogens (tertiary/aromatic N) is 2. The number of pyridine rings is 1. The zero-order valence-corrected chi connectivity index (χ0v) is 16.2. The number of benzene rings is 1. The average molecular weight is 412 g/mol. The Kier molecular flexibility index (Phi) is 5.67. The molecule has 0 aliphatic carbocycles. The molecule has 144 valence electrons. The lowest BCUT2D eigenvalue weighted by Gasteiger charge is -2.33. The van der Waals surface area contributed by atoms with Crippen LogP contribution < -0.4 is 10.2 Å². The molecule has 0 radical (unpaired) electrons. The lowest BCUT2D eigenvalue weighted by atomic mass is 9.95. The van der Waals surface area contributed by atoms with Crippen molar-refractivity contribution in [2.75, 3.05) is 29.6 Å². The Balaban J connectivity index is 1.65. The second-order valence-corrected chi connectivity index (χ2v) is 8.87. The van der Waals surface area contributed by atoms with Gasteiger partial charge in [-0.25, -0.2) is 17.8 Å². The molecule has 1 amide bonds. The molecule has 1 fully saturated rings. The molecular weight excluding hydrogens is 393 g/mol. The highest BCUT2D eigenvalue weighted by molar-refractivity contribution is 7.90. The highest BCUT2D eigenvalue weighted by Gasteiger charge is 2.28. The molecule has 1 aromatic heterocycles. The highest BCUT2D eigenvalue weighted by atomic mass is 35.5. The first-order chi connectivity index (χ1) is 12.8. The fourth-order valence-electron chi connectivity index (χ4n) is 3.08. The summed E-state index contributed by atoms with van der Waals surface area (Å²) in [5, 5.41) is 2.70. The predicted molar refractivity (Wildman–Crippen MR) is 102 cm³/mol. The van der Waals surface area contributed by atoms with Gasteiger partial charge in [0.15, 0.2) is 9.84 Å². The number of carbonyl (C=O) groups is 1. The highest BCUT2D eigenvalue weighted by Crippen LogP contribution is 2.28. The molecule has 3 rings (SSSR count). The van der Waals surface area contributed by atoms with E-state index in [0.29, 0.717) is 37.4 Å². The van der Waals surface area contributed by atoms with E-state index >= 15 is 0 Å². The van der Waals surface area contributed by atoms with E-state index in [1.54, 1.807) is 12.3 Å². The molecule has 1 aliphatic heterocycles. The molecule has 1 aromatic carbocycles. The summed E-state index contributed by atoms with van der Waals surface area (Å²) >= 11 is 5.73. The van der Waals surface area contributed by atoms with Crippen molar-refractivity contribution in [1.29, 1.82) is 0 Å². The number of carbonyl (C=O) groups excluding carboxylic acids is 1. The van der Waals surface area contributed by atoms with Gasteiger partial charge in [-0.1, -0.05) is 11.6 Å². The Bertz CT molecular complexity index is 960. The van der Waals surface area contributed by atoms with Crippen molar-refractivity contribution in [3.63, 3.8) is 0 Å². The van der Waals surface area contributed by atoms with Crippen molar-refractivity contribution >= 4 is 38.9 Å². The first kappa shape index (κ1) is 19.6. The van der Waals surface area contributed by atoms with Gasteiger partial charge in [-0.05, 0) is 43.2 Å². The lowest BCUT2D eigenvalue weighted by molar-refractivity contribution is -0.120. The maximum atomic E-state index is 13.2. The minimum absolute atomic E-state index is 0.0499. The summed E-state index contributed by atoms with van der Waals surface area (Å²) < 4.78 is 37.1. The number of amides is 1. The zero-order chi connectivity index (χ0) is 19.6. The first-order valence-electron chi connectivity index (χ1n) is 8.41. The van der Waals surface area contributed by atoms with E-state index in [9.17, 15) is 17.6 Å². The molecule has 27 heavy (non-hydrogen) atoms. The molecule has 9 heteroatoms. The summed E-state index contributed by atoms with van der Waals surface area (Å²) in [4.78, 5) is 18.7. The molecule has 1 N–H and O–H groups in total. The fraction of sp³-hybridized carbons (Fsp3) is 0.333. The van der Waals surface area contributed by atoms with Crippen LogP contribution >= 0.6 is 11.6 Å². The maximum absolute atomic E-state index is 13.2. The average Bonchev–Trinajstić information content (AvgIpc) is 2.64. The predicted octanol–water partition coefficient (Wildman–Crippen LogP) is 3.13. The van der Waals surface area contributed by atoms with Gasteiger partial charge in [-0.15, -0.1) is 0 Å². The maximum Gasteiger partial charge on any atom is 0.227 e. The van der Waals surface area contributed by atoms with Crippen LogP contribution in [-0.2, 0) is 14.6 Å². The van der Waals surface area contributed by atoms with Crippen LogP contribution in [0.1, 0.15) is 12.8 Å². The van der Waals surface area contributed by atoms with Crippen LogP contribution in [0.4, 0.5) is 15.9 Å². The molecule has 2 aromatic rings. The summed E-state index contributed by atoms with van der Waals surface area (Å²) in [6, 6.07) is 7.16. The number of nitrogens with one attached hydrogen (secondary N) is 1. The molecule has 0 spiro atoms. The van der Waals surface area contributed by atoms with Gasteiger partial charge in [0.1, 0.15) is 16.5 Å². The Morgan fingerprint density at radius 1 is 1.30 bits per heavy atom. The summed E-state index contributed by atoms with van der Waals surface area (Å²) in [5.74, 6) is -0.513. The van der Waals surface area contributed by atoms with Crippen molar-refractivity contribution in [2.24, 2.45) is 5.92 Å². The zero-order valence-electron chi connectivity index (χ0n) is 14.7. The molecule has 0 saturated carbocycles. The number of halogens is 2. The van der Waals surface area contributed by atoms with Crippen LogP contribution in [0.25, 0.3) is 0 Å². The third-order valence-corrected chi connectivity index (χ3v) is 5.91. The van der Waals surface area contributed by atoms with Crippen molar-refractivity contribution in [3.05, 3.63) is 47.4 Å². The number of rotatable bonds is 4. The number of piperidine rings is 1. The van der Waals surface area contributed by atoms with Gasteiger partial charge < -0.3 is 10.2 Å². The third kappa shape index (κ3) is 4.56. The summed E-state index contributed by atoms with van der Waals surface area (Å²) in [6.07, 6.45) is 3.82. The smallest absolute Gasteiger partial charge is 0.227 e. The topological polar surface area (TPSA) is 79.4 Å². The molecule has 0 unspecified atom stereocenters. The number of hydrogen-bond donors (Lipinski definition) is 1. The molecular formula is C18H19ClFN3O3S. The van der Waals surface area contributed by atoms with E-state index in [-0.39, 0.29) is 21.7 Å². The molecule has 0 atom stereocenters. The van der Waals surface area contributed by atoms with Crippen molar-refractivity contribution in [3.8, 4) is 0 Å². The Hall–Kier alpha value is -2.19. The number of hydrogen-bond acceptors (Lipinski definition) is 5. The molecule has 6 nitrogen and oxygen atoms in total. The summed E-state index contributed by atoms with van der Waals surface area (Å²) in [5.41, 5.74) is 0.443. The Morgan fingerprint density at radius 3 is 2.63 bits per heavy atom. The van der Waals surface area contributed by atoms with E-state index in [2.05, 4.69) is 10.3 Å². The lowest BCUT2D eigenvalue weighted by Crippen LogP contribution is -2.39. The van der Waals surface area contributed by atoms with Crippen LogP contribution in [0, 0.1) is 11.7 Å². The van der Waals surface area contributed by atoms with E-state index in [1.165, 1.54) is 24.3 Å². The molecule has 0 bridgehead atoms. The normalized spacial score (nSPS) is 15.6. The van der Waals surface area contributed by atoms with Gasteiger partial charge in [0.2, 0.25) is 5.91 Å². The third-order valence-electron chi connectivity index (χ3n) is 4.50. The van der Waals surface area contributed by atoms with Gasteiger partial charge in [0, 0.05) is 37.1 Å². The second-order valence-electron chi connectivity index (χ2n) is 6.48. The van der Waals surface area contributed by atoms with Crippen LogP contribution in [-0.4, -0.2) is 38.7 Å². The first-order valence-corrected chi connectivity index (χ1v) is 10.7. The van der Waals surface area contributed by atoms with Gasteiger partial charge >= 0.3 is 0 Å². The minimum atomic E-state index is -3.39. The van der Waals surface area contributed by atoms with Crippen LogP contribution in [0.2, 0.25) is 5.02 Å². The number of sulfone groups is 1. The van der Waals surface area contributed by atoms with E-state index in [1.807, 2.05) is 4.90 Å². The van der Waals surface area contributed by atoms with Gasteiger partial charge in [-0.3, -0.25) is 4.79 Å². The number of aromatic nitrogens is 1. The van der Waals surface area contributed by atoms with Gasteiger partial charge in [0.25, 0.3) is 0 Å². The van der Waals surface area contributed by atoms with Crippen molar-refractivity contribution < 1.29 is 17.6 Å². The second kappa shape index (κ2) is 7.82. The van der Waals surface area contributed by atoms with Gasteiger partial charge in [-0.2, -0.15) is 0 Å². The fourth-order valence-corrected chi connectivity index (χ4v) is 4.10. The number of anilines is 2. The molecule has 2 heterocycles. The molecule has 1 aliphatic rings. The van der Waals surface area contributed by atoms with E-state index in [0.717, 1.165) is 6.26 Å². The van der Waals surface area contributed by atoms with Crippen LogP contribution in [0.3, 0.4) is 0 Å². The van der Waals surface area contributed by atoms with Crippen LogP contribution in [0.15, 0.2) is 41.4 Å². The largest absolute Gasteiger partial charge is 0.355 e. The summed E-state index contributed by atoms with van der Waals surface area (Å²) in [6.45, 7) is 1.03. The molecule has 1 saturated heterocycles. The van der Waals surface area contributed by atoms with Crippen LogP contribution in [0.5, 0.6) is 0 Å².